The molecule has 0 unspecified atom stereocenters. The van der Waals surface area contributed by atoms with Crippen LogP contribution in [0.4, 0.5) is 0 Å². The van der Waals surface area contributed by atoms with E-state index in [1.165, 1.54) is 0 Å². The zero-order valence-corrected chi connectivity index (χ0v) is 12.8. The van der Waals surface area contributed by atoms with Gasteiger partial charge in [0.2, 0.25) is 0 Å². The van der Waals surface area contributed by atoms with Gasteiger partial charge in [0.1, 0.15) is 0 Å². The van der Waals surface area contributed by atoms with Gasteiger partial charge < -0.3 is 9.88 Å². The highest BCUT2D eigenvalue weighted by Gasteiger charge is 2.23. The first-order valence-electron chi connectivity index (χ1n) is 7.73. The monoisotopic (exact) mass is 285 g/mol. The molecule has 0 spiro atoms. The number of H-pyrrole nitrogens is 1. The van der Waals surface area contributed by atoms with E-state index in [4.69, 9.17) is 0 Å². The Morgan fingerprint density at radius 3 is 2.62 bits per heavy atom. The highest BCUT2D eigenvalue weighted by Crippen LogP contribution is 2.20. The van der Waals surface area contributed by atoms with Crippen molar-refractivity contribution in [2.45, 2.75) is 13.8 Å². The van der Waals surface area contributed by atoms with Crippen molar-refractivity contribution in [3.05, 3.63) is 36.0 Å². The molecule has 1 aliphatic rings. The van der Waals surface area contributed by atoms with Crippen LogP contribution in [0.3, 0.4) is 0 Å². The van der Waals surface area contributed by atoms with E-state index in [1.54, 1.807) is 0 Å². The van der Waals surface area contributed by atoms with Crippen LogP contribution < -0.4 is 0 Å². The summed E-state index contributed by atoms with van der Waals surface area (Å²) in [6.07, 6.45) is 1.84. The van der Waals surface area contributed by atoms with Crippen LogP contribution in [-0.2, 0) is 0 Å². The normalized spacial score (nSPS) is 16.8. The first-order valence-corrected chi connectivity index (χ1v) is 7.73. The molecule has 3 rings (SSSR count). The van der Waals surface area contributed by atoms with E-state index in [1.807, 2.05) is 35.4 Å². The number of rotatable bonds is 3. The molecule has 4 heteroatoms. The molecule has 0 saturated carbocycles. The van der Waals surface area contributed by atoms with Crippen molar-refractivity contribution >= 4 is 16.8 Å². The number of hydrogen-bond donors (Lipinski definition) is 1. The minimum absolute atomic E-state index is 0.150. The Kier molecular flexibility index (Phi) is 3.97. The Bertz CT molecular complexity index is 624. The third-order valence-electron chi connectivity index (χ3n) is 4.10. The van der Waals surface area contributed by atoms with Gasteiger partial charge in [0.25, 0.3) is 5.91 Å². The van der Waals surface area contributed by atoms with Crippen LogP contribution in [0, 0.1) is 5.92 Å². The Hall–Kier alpha value is -1.81. The lowest BCUT2D eigenvalue weighted by Crippen LogP contribution is -2.49. The van der Waals surface area contributed by atoms with Crippen molar-refractivity contribution in [2.24, 2.45) is 5.92 Å². The second-order valence-electron chi connectivity index (χ2n) is 6.23. The highest BCUT2D eigenvalue weighted by atomic mass is 16.2. The van der Waals surface area contributed by atoms with Gasteiger partial charge in [-0.05, 0) is 12.0 Å². The maximum Gasteiger partial charge on any atom is 0.256 e. The Balaban J connectivity index is 1.69. The lowest BCUT2D eigenvalue weighted by atomic mass is 10.1. The first kappa shape index (κ1) is 14.1. The number of benzene rings is 1. The van der Waals surface area contributed by atoms with E-state index in [0.717, 1.165) is 49.2 Å². The summed E-state index contributed by atoms with van der Waals surface area (Å²) in [4.78, 5) is 20.3. The zero-order chi connectivity index (χ0) is 14.8. The van der Waals surface area contributed by atoms with Crippen LogP contribution in [0.2, 0.25) is 0 Å². The van der Waals surface area contributed by atoms with Crippen LogP contribution >= 0.6 is 0 Å². The predicted molar refractivity (Wildman–Crippen MR) is 85.5 cm³/mol. The number of carbonyl (C=O) groups is 1. The fourth-order valence-electron chi connectivity index (χ4n) is 3.07. The predicted octanol–water partition coefficient (Wildman–Crippen LogP) is 2.58. The van der Waals surface area contributed by atoms with Crippen molar-refractivity contribution in [3.8, 4) is 0 Å². The fraction of sp³-hybridized carbons (Fsp3) is 0.471. The molecule has 1 aliphatic heterocycles. The minimum Gasteiger partial charge on any atom is -0.360 e. The number of hydrogen-bond acceptors (Lipinski definition) is 2. The van der Waals surface area contributed by atoms with E-state index in [2.05, 4.69) is 23.7 Å². The Morgan fingerprint density at radius 1 is 1.19 bits per heavy atom. The van der Waals surface area contributed by atoms with Crippen LogP contribution in [0.15, 0.2) is 30.5 Å². The molecule has 0 bridgehead atoms. The lowest BCUT2D eigenvalue weighted by molar-refractivity contribution is 0.0626. The van der Waals surface area contributed by atoms with Crippen molar-refractivity contribution in [1.29, 1.82) is 0 Å². The van der Waals surface area contributed by atoms with Gasteiger partial charge in [-0.25, -0.2) is 0 Å². The molecule has 2 aromatic rings. The van der Waals surface area contributed by atoms with Gasteiger partial charge in [-0.1, -0.05) is 32.0 Å². The number of nitrogens with zero attached hydrogens (tertiary/aromatic N) is 2. The molecule has 21 heavy (non-hydrogen) atoms. The molecule has 4 nitrogen and oxygen atoms in total. The molecule has 1 aromatic carbocycles. The molecular weight excluding hydrogens is 262 g/mol. The van der Waals surface area contributed by atoms with Gasteiger partial charge in [-0.15, -0.1) is 0 Å². The van der Waals surface area contributed by atoms with E-state index in [-0.39, 0.29) is 5.91 Å². The number of piperazine rings is 1. The molecule has 0 atom stereocenters. The number of aromatic nitrogens is 1. The SMILES string of the molecule is CC(C)CN1CCN(C(=O)c2c[nH]c3ccccc23)CC1. The lowest BCUT2D eigenvalue weighted by Gasteiger charge is -2.35. The van der Waals surface area contributed by atoms with Crippen molar-refractivity contribution in [1.82, 2.24) is 14.8 Å². The van der Waals surface area contributed by atoms with Gasteiger partial charge in [0.15, 0.2) is 0 Å². The molecular formula is C17H23N3O. The molecule has 112 valence electrons. The van der Waals surface area contributed by atoms with Crippen molar-refractivity contribution in [3.63, 3.8) is 0 Å². The van der Waals surface area contributed by atoms with Crippen LogP contribution in [0.5, 0.6) is 0 Å². The maximum atomic E-state index is 12.7. The van der Waals surface area contributed by atoms with Gasteiger partial charge >= 0.3 is 0 Å². The van der Waals surface area contributed by atoms with Crippen LogP contribution in [-0.4, -0.2) is 53.4 Å². The van der Waals surface area contributed by atoms with Gasteiger partial charge in [0.05, 0.1) is 5.56 Å². The summed E-state index contributed by atoms with van der Waals surface area (Å²) in [6.45, 7) is 9.21. The quantitative estimate of drug-likeness (QED) is 0.941. The number of nitrogens with one attached hydrogen (secondary N) is 1. The molecule has 1 fully saturated rings. The van der Waals surface area contributed by atoms with Crippen molar-refractivity contribution in [2.75, 3.05) is 32.7 Å². The molecule has 1 saturated heterocycles. The summed E-state index contributed by atoms with van der Waals surface area (Å²) < 4.78 is 0. The number of amides is 1. The van der Waals surface area contributed by atoms with Crippen molar-refractivity contribution < 1.29 is 4.79 Å². The summed E-state index contributed by atoms with van der Waals surface area (Å²) in [5.74, 6) is 0.831. The zero-order valence-electron chi connectivity index (χ0n) is 12.8. The van der Waals surface area contributed by atoms with E-state index >= 15 is 0 Å². The standard InChI is InChI=1S/C17H23N3O/c1-13(2)12-19-7-9-20(10-8-19)17(21)15-11-18-16-6-4-3-5-14(15)16/h3-6,11,13,18H,7-10,12H2,1-2H3. The van der Waals surface area contributed by atoms with Gasteiger partial charge in [-0.2, -0.15) is 0 Å². The molecule has 1 amide bonds. The van der Waals surface area contributed by atoms with Gasteiger partial charge in [0, 0.05) is 49.8 Å². The number of para-hydroxylation sites is 1. The van der Waals surface area contributed by atoms with E-state index in [0.29, 0.717) is 5.92 Å². The highest BCUT2D eigenvalue weighted by molar-refractivity contribution is 6.06. The largest absolute Gasteiger partial charge is 0.360 e. The number of aromatic amines is 1. The molecule has 0 radical (unpaired) electrons. The first-order chi connectivity index (χ1) is 10.1. The Labute approximate surface area is 125 Å². The van der Waals surface area contributed by atoms with Gasteiger partial charge in [-0.3, -0.25) is 9.69 Å². The second kappa shape index (κ2) is 5.90. The second-order valence-corrected chi connectivity index (χ2v) is 6.23. The summed E-state index contributed by atoms with van der Waals surface area (Å²) in [6, 6.07) is 7.98. The number of fused-ring (bicyclic) bond motifs is 1. The molecule has 1 aromatic heterocycles. The molecule has 1 N–H and O–H groups in total. The third kappa shape index (κ3) is 2.95. The van der Waals surface area contributed by atoms with Crippen LogP contribution in [0.1, 0.15) is 24.2 Å². The Morgan fingerprint density at radius 2 is 1.90 bits per heavy atom. The fourth-order valence-corrected chi connectivity index (χ4v) is 3.07. The molecule has 0 aliphatic carbocycles. The minimum atomic E-state index is 0.150. The van der Waals surface area contributed by atoms with E-state index in [9.17, 15) is 4.79 Å². The average molecular weight is 285 g/mol. The summed E-state index contributed by atoms with van der Waals surface area (Å²) in [5.41, 5.74) is 1.82. The summed E-state index contributed by atoms with van der Waals surface area (Å²) in [5, 5.41) is 1.02. The van der Waals surface area contributed by atoms with E-state index < -0.39 is 0 Å². The van der Waals surface area contributed by atoms with Crippen LogP contribution in [0.25, 0.3) is 10.9 Å². The molecule has 2 heterocycles. The number of carbonyl (C=O) groups excluding carboxylic acids is 1. The maximum absolute atomic E-state index is 12.7. The summed E-state index contributed by atoms with van der Waals surface area (Å²) >= 11 is 0. The topological polar surface area (TPSA) is 39.3 Å². The third-order valence-corrected chi connectivity index (χ3v) is 4.10. The summed E-state index contributed by atoms with van der Waals surface area (Å²) in [7, 11) is 0. The smallest absolute Gasteiger partial charge is 0.256 e. The average Bonchev–Trinajstić information content (AvgIpc) is 2.90.